The lowest BCUT2D eigenvalue weighted by molar-refractivity contribution is 0.0227. The van der Waals surface area contributed by atoms with Crippen molar-refractivity contribution in [1.29, 1.82) is 0 Å². The first-order chi connectivity index (χ1) is 12.5. The van der Waals surface area contributed by atoms with Gasteiger partial charge in [0, 0.05) is 17.5 Å². The Hall–Kier alpha value is -2.49. The molecule has 0 saturated carbocycles. The quantitative estimate of drug-likeness (QED) is 0.838. The summed E-state index contributed by atoms with van der Waals surface area (Å²) in [5.41, 5.74) is 2.40. The Labute approximate surface area is 155 Å². The van der Waals surface area contributed by atoms with Crippen LogP contribution in [0, 0.1) is 6.92 Å². The van der Waals surface area contributed by atoms with Gasteiger partial charge in [-0.3, -0.25) is 4.79 Å². The van der Waals surface area contributed by atoms with Crippen molar-refractivity contribution in [2.45, 2.75) is 51.7 Å². The van der Waals surface area contributed by atoms with E-state index < -0.39 is 0 Å². The number of carbonyl (C=O) groups excluding carboxylic acids is 1. The van der Waals surface area contributed by atoms with E-state index in [0.717, 1.165) is 41.9 Å². The molecule has 4 nitrogen and oxygen atoms in total. The van der Waals surface area contributed by atoms with E-state index in [9.17, 15) is 4.79 Å². The van der Waals surface area contributed by atoms with E-state index in [-0.39, 0.29) is 17.6 Å². The average molecular weight is 353 g/mol. The molecule has 1 amide bonds. The van der Waals surface area contributed by atoms with E-state index in [1.807, 2.05) is 43.3 Å². The van der Waals surface area contributed by atoms with Crippen molar-refractivity contribution in [3.63, 3.8) is 0 Å². The maximum absolute atomic E-state index is 12.9. The van der Waals surface area contributed by atoms with Crippen LogP contribution in [0.2, 0.25) is 0 Å². The Morgan fingerprint density at radius 1 is 1.23 bits per heavy atom. The second-order valence-electron chi connectivity index (χ2n) is 6.94. The molecule has 1 atom stereocenters. The summed E-state index contributed by atoms with van der Waals surface area (Å²) in [6, 6.07) is 13.4. The number of fused-ring (bicyclic) bond motifs is 1. The fourth-order valence-corrected chi connectivity index (χ4v) is 3.69. The highest BCUT2D eigenvalue weighted by molar-refractivity contribution is 5.95. The number of aryl methyl sites for hydroxylation is 1. The molecule has 138 valence electrons. The third kappa shape index (κ3) is 3.41. The van der Waals surface area contributed by atoms with Crippen LogP contribution in [0.3, 0.4) is 0 Å². The zero-order valence-electron chi connectivity index (χ0n) is 16.0. The Morgan fingerprint density at radius 3 is 2.62 bits per heavy atom. The van der Waals surface area contributed by atoms with Crippen molar-refractivity contribution in [1.82, 2.24) is 5.32 Å². The molecular weight excluding hydrogens is 326 g/mol. The van der Waals surface area contributed by atoms with Crippen molar-refractivity contribution >= 4 is 5.91 Å². The van der Waals surface area contributed by atoms with Crippen LogP contribution in [0.1, 0.15) is 60.6 Å². The molecule has 1 heterocycles. The van der Waals surface area contributed by atoms with Gasteiger partial charge in [-0.05, 0) is 49.6 Å². The van der Waals surface area contributed by atoms with E-state index in [1.54, 1.807) is 13.2 Å². The zero-order chi connectivity index (χ0) is 18.7. The normalized spacial score (nSPS) is 17.8. The maximum Gasteiger partial charge on any atom is 0.251 e. The molecule has 1 N–H and O–H groups in total. The third-order valence-electron chi connectivity index (χ3n) is 5.45. The van der Waals surface area contributed by atoms with Gasteiger partial charge in [0.05, 0.1) is 13.2 Å². The lowest BCUT2D eigenvalue weighted by Gasteiger charge is -2.41. The number of ether oxygens (including phenoxy) is 2. The SMILES string of the molecule is CCC1(CC)CC(NC(=O)c2ccc(OC)c(C)c2)c2ccccc2O1. The summed E-state index contributed by atoms with van der Waals surface area (Å²) in [6.07, 6.45) is 2.59. The van der Waals surface area contributed by atoms with E-state index in [2.05, 4.69) is 19.2 Å². The van der Waals surface area contributed by atoms with Gasteiger partial charge in [-0.1, -0.05) is 32.0 Å². The molecule has 2 aromatic carbocycles. The van der Waals surface area contributed by atoms with Crippen LogP contribution in [0.5, 0.6) is 11.5 Å². The van der Waals surface area contributed by atoms with Gasteiger partial charge < -0.3 is 14.8 Å². The van der Waals surface area contributed by atoms with Gasteiger partial charge in [-0.25, -0.2) is 0 Å². The van der Waals surface area contributed by atoms with Crippen LogP contribution in [-0.2, 0) is 0 Å². The standard InChI is InChI=1S/C22H27NO3/c1-5-22(6-2)14-18(17-9-7-8-10-20(17)26-22)23-21(24)16-11-12-19(25-4)15(3)13-16/h7-13,18H,5-6,14H2,1-4H3,(H,23,24). The van der Waals surface area contributed by atoms with Gasteiger partial charge >= 0.3 is 0 Å². The van der Waals surface area contributed by atoms with E-state index in [0.29, 0.717) is 5.56 Å². The summed E-state index contributed by atoms with van der Waals surface area (Å²) in [5, 5.41) is 3.22. The van der Waals surface area contributed by atoms with Crippen molar-refractivity contribution in [3.8, 4) is 11.5 Å². The molecule has 0 aromatic heterocycles. The van der Waals surface area contributed by atoms with E-state index >= 15 is 0 Å². The highest BCUT2D eigenvalue weighted by Gasteiger charge is 2.39. The second kappa shape index (κ2) is 7.40. The summed E-state index contributed by atoms with van der Waals surface area (Å²) in [7, 11) is 1.64. The lowest BCUT2D eigenvalue weighted by Crippen LogP contribution is -2.44. The smallest absolute Gasteiger partial charge is 0.251 e. The second-order valence-corrected chi connectivity index (χ2v) is 6.94. The predicted octanol–water partition coefficient (Wildman–Crippen LogP) is 4.82. The lowest BCUT2D eigenvalue weighted by atomic mass is 9.83. The summed E-state index contributed by atoms with van der Waals surface area (Å²) in [6.45, 7) is 6.23. The van der Waals surface area contributed by atoms with Crippen LogP contribution in [0.4, 0.5) is 0 Å². The van der Waals surface area contributed by atoms with Gasteiger partial charge in [0.25, 0.3) is 5.91 Å². The molecule has 1 aliphatic heterocycles. The molecule has 3 rings (SSSR count). The number of nitrogens with one attached hydrogen (secondary N) is 1. The highest BCUT2D eigenvalue weighted by Crippen LogP contribution is 2.42. The topological polar surface area (TPSA) is 47.6 Å². The van der Waals surface area contributed by atoms with Crippen molar-refractivity contribution < 1.29 is 14.3 Å². The van der Waals surface area contributed by atoms with Gasteiger partial charge in [-0.15, -0.1) is 0 Å². The minimum absolute atomic E-state index is 0.0604. The largest absolute Gasteiger partial charge is 0.496 e. The first-order valence-electron chi connectivity index (χ1n) is 9.25. The first kappa shape index (κ1) is 18.3. The molecule has 2 aromatic rings. The molecule has 26 heavy (non-hydrogen) atoms. The molecule has 1 unspecified atom stereocenters. The number of methoxy groups -OCH3 is 1. The van der Waals surface area contributed by atoms with Gasteiger partial charge in [0.15, 0.2) is 0 Å². The average Bonchev–Trinajstić information content (AvgIpc) is 2.67. The zero-order valence-corrected chi connectivity index (χ0v) is 16.0. The summed E-state index contributed by atoms with van der Waals surface area (Å²) in [4.78, 5) is 12.9. The Balaban J connectivity index is 1.88. The van der Waals surface area contributed by atoms with Crippen LogP contribution >= 0.6 is 0 Å². The molecule has 0 spiro atoms. The molecule has 0 aliphatic carbocycles. The van der Waals surface area contributed by atoms with E-state index in [4.69, 9.17) is 9.47 Å². The molecule has 0 bridgehead atoms. The van der Waals surface area contributed by atoms with Crippen LogP contribution < -0.4 is 14.8 Å². The van der Waals surface area contributed by atoms with Gasteiger partial charge in [0.1, 0.15) is 17.1 Å². The molecule has 0 radical (unpaired) electrons. The Kier molecular flexibility index (Phi) is 5.21. The minimum atomic E-state index is -0.234. The maximum atomic E-state index is 12.9. The first-order valence-corrected chi connectivity index (χ1v) is 9.25. The number of rotatable bonds is 5. The monoisotopic (exact) mass is 353 g/mol. The summed E-state index contributed by atoms with van der Waals surface area (Å²) < 4.78 is 11.6. The van der Waals surface area contributed by atoms with Crippen molar-refractivity contribution in [2.24, 2.45) is 0 Å². The number of hydrogen-bond acceptors (Lipinski definition) is 3. The molecule has 0 saturated heterocycles. The Morgan fingerprint density at radius 2 is 1.96 bits per heavy atom. The number of benzene rings is 2. The highest BCUT2D eigenvalue weighted by atomic mass is 16.5. The fourth-order valence-electron chi connectivity index (χ4n) is 3.69. The molecule has 4 heteroatoms. The van der Waals surface area contributed by atoms with Gasteiger partial charge in [0.2, 0.25) is 0 Å². The predicted molar refractivity (Wildman–Crippen MR) is 103 cm³/mol. The molecule has 1 aliphatic rings. The minimum Gasteiger partial charge on any atom is -0.496 e. The Bertz CT molecular complexity index is 796. The fraction of sp³-hybridized carbons (Fsp3) is 0.409. The summed E-state index contributed by atoms with van der Waals surface area (Å²) >= 11 is 0. The van der Waals surface area contributed by atoms with Gasteiger partial charge in [-0.2, -0.15) is 0 Å². The molecule has 0 fully saturated rings. The molecular formula is C22H27NO3. The summed E-state index contributed by atoms with van der Waals surface area (Å²) in [5.74, 6) is 1.59. The number of carbonyl (C=O) groups is 1. The van der Waals surface area contributed by atoms with E-state index in [1.165, 1.54) is 0 Å². The number of amides is 1. The van der Waals surface area contributed by atoms with Crippen molar-refractivity contribution in [3.05, 3.63) is 59.2 Å². The third-order valence-corrected chi connectivity index (χ3v) is 5.45. The number of hydrogen-bond donors (Lipinski definition) is 1. The van der Waals surface area contributed by atoms with Crippen molar-refractivity contribution in [2.75, 3.05) is 7.11 Å². The van der Waals surface area contributed by atoms with Crippen LogP contribution in [-0.4, -0.2) is 18.6 Å². The number of para-hydroxylation sites is 1. The van der Waals surface area contributed by atoms with Crippen LogP contribution in [0.15, 0.2) is 42.5 Å². The van der Waals surface area contributed by atoms with Crippen LogP contribution in [0.25, 0.3) is 0 Å².